The largest absolute Gasteiger partial charge is 0.0940 e. The summed E-state index contributed by atoms with van der Waals surface area (Å²) in [7, 11) is 0. The van der Waals surface area contributed by atoms with Gasteiger partial charge in [-0.25, -0.2) is 0 Å². The molecule has 0 heterocycles. The molecule has 68 valence electrons. The van der Waals surface area contributed by atoms with Gasteiger partial charge in [0.15, 0.2) is 0 Å². The van der Waals surface area contributed by atoms with E-state index in [1.165, 1.54) is 9.13 Å². The third kappa shape index (κ3) is 3.65. The summed E-state index contributed by atoms with van der Waals surface area (Å²) in [4.78, 5) is 2.71. The van der Waals surface area contributed by atoms with E-state index >= 15 is 0 Å². The maximum Gasteiger partial charge on any atom is 0.0261 e. The second-order valence-electron chi connectivity index (χ2n) is 2.65. The van der Waals surface area contributed by atoms with Gasteiger partial charge in [0, 0.05) is 15.0 Å². The van der Waals surface area contributed by atoms with Crippen LogP contribution < -0.4 is 0 Å². The average molecular weight is 287 g/mol. The average Bonchev–Trinajstić information content (AvgIpc) is 2.15. The van der Waals surface area contributed by atoms with E-state index in [-0.39, 0.29) is 0 Å². The predicted octanol–water partition coefficient (Wildman–Crippen LogP) is 3.53. The standard InChI is InChI=1S/C9H10IN3/c10-9-6-2-1-4-8(9)5-3-7-12-13-11/h1-2,4,6H,3,5,7H2. The zero-order valence-electron chi connectivity index (χ0n) is 7.15. The number of aryl methyl sites for hydroxylation is 1. The first-order valence-corrected chi connectivity index (χ1v) is 5.16. The Labute approximate surface area is 90.9 Å². The van der Waals surface area contributed by atoms with Gasteiger partial charge in [0.25, 0.3) is 0 Å². The molecule has 3 nitrogen and oxygen atoms in total. The summed E-state index contributed by atoms with van der Waals surface area (Å²) >= 11 is 2.32. The molecule has 1 aromatic rings. The number of halogens is 1. The molecule has 0 N–H and O–H groups in total. The maximum atomic E-state index is 8.07. The van der Waals surface area contributed by atoms with Gasteiger partial charge in [-0.2, -0.15) is 0 Å². The van der Waals surface area contributed by atoms with Crippen LogP contribution in [0.15, 0.2) is 29.4 Å². The van der Waals surface area contributed by atoms with Crippen molar-refractivity contribution in [2.75, 3.05) is 6.54 Å². The number of hydrogen-bond acceptors (Lipinski definition) is 1. The minimum absolute atomic E-state index is 0.585. The molecule has 0 radical (unpaired) electrons. The van der Waals surface area contributed by atoms with Gasteiger partial charge in [-0.3, -0.25) is 0 Å². The van der Waals surface area contributed by atoms with Crippen LogP contribution in [0.4, 0.5) is 0 Å². The zero-order valence-corrected chi connectivity index (χ0v) is 9.31. The smallest absolute Gasteiger partial charge is 0.0261 e. The van der Waals surface area contributed by atoms with E-state index < -0.39 is 0 Å². The Bertz CT molecular complexity index is 318. The molecule has 0 fully saturated rings. The summed E-state index contributed by atoms with van der Waals surface area (Å²) in [6.45, 7) is 0.585. The number of nitrogens with zero attached hydrogens (tertiary/aromatic N) is 3. The highest BCUT2D eigenvalue weighted by atomic mass is 127. The lowest BCUT2D eigenvalue weighted by Crippen LogP contribution is -1.90. The molecule has 0 aliphatic carbocycles. The summed E-state index contributed by atoms with van der Waals surface area (Å²) in [6, 6.07) is 8.26. The van der Waals surface area contributed by atoms with Gasteiger partial charge in [0.1, 0.15) is 0 Å². The molecular weight excluding hydrogens is 277 g/mol. The molecule has 13 heavy (non-hydrogen) atoms. The predicted molar refractivity (Wildman–Crippen MR) is 61.5 cm³/mol. The van der Waals surface area contributed by atoms with Gasteiger partial charge >= 0.3 is 0 Å². The molecule has 0 aromatic heterocycles. The lowest BCUT2D eigenvalue weighted by Gasteiger charge is -2.01. The summed E-state index contributed by atoms with van der Waals surface area (Å²) < 4.78 is 1.28. The van der Waals surface area contributed by atoms with Crippen molar-refractivity contribution in [3.05, 3.63) is 43.8 Å². The Morgan fingerprint density at radius 3 is 2.85 bits per heavy atom. The Morgan fingerprint density at radius 2 is 2.15 bits per heavy atom. The highest BCUT2D eigenvalue weighted by molar-refractivity contribution is 14.1. The van der Waals surface area contributed by atoms with E-state index in [9.17, 15) is 0 Å². The normalized spacial score (nSPS) is 9.31. The fraction of sp³-hybridized carbons (Fsp3) is 0.333. The third-order valence-corrected chi connectivity index (χ3v) is 2.78. The van der Waals surface area contributed by atoms with Crippen molar-refractivity contribution in [2.24, 2.45) is 5.11 Å². The molecule has 4 heteroatoms. The fourth-order valence-electron chi connectivity index (χ4n) is 1.09. The molecule has 1 aromatic carbocycles. The minimum atomic E-state index is 0.585. The van der Waals surface area contributed by atoms with Gasteiger partial charge in [-0.15, -0.1) is 0 Å². The lowest BCUT2D eigenvalue weighted by atomic mass is 10.1. The summed E-state index contributed by atoms with van der Waals surface area (Å²) in [5.41, 5.74) is 9.40. The van der Waals surface area contributed by atoms with Gasteiger partial charge in [-0.05, 0) is 52.6 Å². The van der Waals surface area contributed by atoms with Crippen LogP contribution >= 0.6 is 22.6 Å². The van der Waals surface area contributed by atoms with Crippen LogP contribution in [0, 0.1) is 3.57 Å². The van der Waals surface area contributed by atoms with Crippen LogP contribution in [0.5, 0.6) is 0 Å². The van der Waals surface area contributed by atoms with Gasteiger partial charge in [0.05, 0.1) is 0 Å². The van der Waals surface area contributed by atoms with Crippen molar-refractivity contribution in [3.63, 3.8) is 0 Å². The SMILES string of the molecule is [N-]=[N+]=NCCCc1ccccc1I. The van der Waals surface area contributed by atoms with Gasteiger partial charge in [0.2, 0.25) is 0 Å². The van der Waals surface area contributed by atoms with Crippen LogP contribution in [0.2, 0.25) is 0 Å². The molecule has 0 atom stereocenters. The van der Waals surface area contributed by atoms with E-state index in [0.29, 0.717) is 6.54 Å². The Hall–Kier alpha value is -0.740. The second kappa shape index (κ2) is 5.83. The molecule has 0 bridgehead atoms. The van der Waals surface area contributed by atoms with Crippen molar-refractivity contribution in [2.45, 2.75) is 12.8 Å². The highest BCUT2D eigenvalue weighted by Crippen LogP contribution is 2.13. The van der Waals surface area contributed by atoms with E-state index in [1.807, 2.05) is 12.1 Å². The summed E-state index contributed by atoms with van der Waals surface area (Å²) in [6.07, 6.45) is 1.90. The van der Waals surface area contributed by atoms with E-state index in [0.717, 1.165) is 12.8 Å². The van der Waals surface area contributed by atoms with Crippen molar-refractivity contribution >= 4 is 22.6 Å². The number of azide groups is 1. The lowest BCUT2D eigenvalue weighted by molar-refractivity contribution is 0.824. The summed E-state index contributed by atoms with van der Waals surface area (Å²) in [5, 5.41) is 3.49. The third-order valence-electron chi connectivity index (χ3n) is 1.73. The Balaban J connectivity index is 2.45. The molecule has 0 aliphatic rings. The number of hydrogen-bond donors (Lipinski definition) is 0. The maximum absolute atomic E-state index is 8.07. The number of rotatable bonds is 4. The van der Waals surface area contributed by atoms with E-state index in [2.05, 4.69) is 44.7 Å². The minimum Gasteiger partial charge on any atom is -0.0940 e. The van der Waals surface area contributed by atoms with Gasteiger partial charge < -0.3 is 0 Å². The van der Waals surface area contributed by atoms with Crippen LogP contribution in [-0.2, 0) is 6.42 Å². The van der Waals surface area contributed by atoms with Crippen molar-refractivity contribution in [1.29, 1.82) is 0 Å². The first-order valence-electron chi connectivity index (χ1n) is 4.09. The first kappa shape index (κ1) is 10.3. The second-order valence-corrected chi connectivity index (χ2v) is 3.81. The van der Waals surface area contributed by atoms with E-state index in [1.54, 1.807) is 0 Å². The monoisotopic (exact) mass is 287 g/mol. The highest BCUT2D eigenvalue weighted by Gasteiger charge is 1.96. The van der Waals surface area contributed by atoms with Crippen LogP contribution in [0.3, 0.4) is 0 Å². The zero-order chi connectivity index (χ0) is 9.52. The van der Waals surface area contributed by atoms with Crippen molar-refractivity contribution in [1.82, 2.24) is 0 Å². The molecule has 0 saturated carbocycles. The molecule has 0 unspecified atom stereocenters. The fourth-order valence-corrected chi connectivity index (χ4v) is 1.74. The topological polar surface area (TPSA) is 48.8 Å². The molecule has 0 spiro atoms. The first-order chi connectivity index (χ1) is 6.34. The summed E-state index contributed by atoms with van der Waals surface area (Å²) in [5.74, 6) is 0. The van der Waals surface area contributed by atoms with Crippen LogP contribution in [0.25, 0.3) is 10.4 Å². The van der Waals surface area contributed by atoms with Crippen LogP contribution in [-0.4, -0.2) is 6.54 Å². The van der Waals surface area contributed by atoms with E-state index in [4.69, 9.17) is 5.53 Å². The Morgan fingerprint density at radius 1 is 1.38 bits per heavy atom. The molecule has 1 rings (SSSR count). The number of benzene rings is 1. The molecular formula is C9H10IN3. The van der Waals surface area contributed by atoms with Gasteiger partial charge in [-0.1, -0.05) is 23.3 Å². The van der Waals surface area contributed by atoms with Crippen molar-refractivity contribution < 1.29 is 0 Å². The molecule has 0 amide bonds. The van der Waals surface area contributed by atoms with Crippen LogP contribution in [0.1, 0.15) is 12.0 Å². The quantitative estimate of drug-likeness (QED) is 0.267. The Kier molecular flexibility index (Phi) is 4.64. The van der Waals surface area contributed by atoms with Crippen molar-refractivity contribution in [3.8, 4) is 0 Å². The molecule has 0 saturated heterocycles. The molecule has 0 aliphatic heterocycles.